The van der Waals surface area contributed by atoms with E-state index in [1.54, 1.807) is 6.92 Å². The van der Waals surface area contributed by atoms with Crippen LogP contribution in [0.15, 0.2) is 34.7 Å². The van der Waals surface area contributed by atoms with E-state index in [2.05, 4.69) is 9.36 Å². The molecule has 7 heteroatoms. The summed E-state index contributed by atoms with van der Waals surface area (Å²) in [6.45, 7) is 3.90. The Morgan fingerprint density at radius 3 is 2.71 bits per heavy atom. The predicted molar refractivity (Wildman–Crippen MR) is 84.3 cm³/mol. The van der Waals surface area contributed by atoms with E-state index in [4.69, 9.17) is 10.5 Å². The van der Waals surface area contributed by atoms with E-state index in [0.717, 1.165) is 15.7 Å². The second-order valence-electron chi connectivity index (χ2n) is 4.45. The summed E-state index contributed by atoms with van der Waals surface area (Å²) in [4.78, 5) is 16.6. The average Bonchev–Trinajstić information content (AvgIpc) is 2.91. The second-order valence-corrected chi connectivity index (χ2v) is 6.43. The van der Waals surface area contributed by atoms with Gasteiger partial charge in [0, 0.05) is 5.75 Å². The average molecular weight is 323 g/mol. The minimum atomic E-state index is -1.19. The highest BCUT2D eigenvalue weighted by atomic mass is 32.2. The van der Waals surface area contributed by atoms with Gasteiger partial charge in [-0.25, -0.2) is 9.78 Å². The van der Waals surface area contributed by atoms with Crippen LogP contribution in [0.3, 0.4) is 0 Å². The van der Waals surface area contributed by atoms with Crippen LogP contribution in [-0.2, 0) is 15.1 Å². The minimum Gasteiger partial charge on any atom is -0.464 e. The molecule has 0 radical (unpaired) electrons. The Hall–Kier alpha value is -1.44. The summed E-state index contributed by atoms with van der Waals surface area (Å²) in [5.41, 5.74) is 5.91. The number of esters is 1. The zero-order chi connectivity index (χ0) is 15.3. The van der Waals surface area contributed by atoms with E-state index in [0.29, 0.717) is 12.4 Å². The normalized spacial score (nSPS) is 13.7. The van der Waals surface area contributed by atoms with Crippen LogP contribution in [0.25, 0.3) is 0 Å². The maximum absolute atomic E-state index is 12.3. The number of hydrogen-bond donors (Lipinski definition) is 1. The van der Waals surface area contributed by atoms with Crippen molar-refractivity contribution in [3.05, 3.63) is 41.7 Å². The third kappa shape index (κ3) is 3.81. The number of aromatic nitrogens is 2. The highest BCUT2D eigenvalue weighted by Crippen LogP contribution is 2.30. The summed E-state index contributed by atoms with van der Waals surface area (Å²) in [6, 6.07) is 9.27. The first-order chi connectivity index (χ1) is 10.1. The lowest BCUT2D eigenvalue weighted by molar-refractivity contribution is -0.149. The van der Waals surface area contributed by atoms with Crippen molar-refractivity contribution >= 4 is 29.3 Å². The fourth-order valence-electron chi connectivity index (χ4n) is 1.77. The lowest BCUT2D eigenvalue weighted by atomic mass is 9.93. The molecule has 1 aromatic carbocycles. The largest absolute Gasteiger partial charge is 0.464 e. The number of hydrogen-bond acceptors (Lipinski definition) is 7. The smallest absolute Gasteiger partial charge is 0.331 e. The van der Waals surface area contributed by atoms with Crippen LogP contribution in [0.4, 0.5) is 0 Å². The third-order valence-electron chi connectivity index (χ3n) is 2.86. The molecule has 21 heavy (non-hydrogen) atoms. The molecular weight excluding hydrogens is 306 g/mol. The van der Waals surface area contributed by atoms with Gasteiger partial charge in [-0.3, -0.25) is 0 Å². The number of rotatable bonds is 6. The molecule has 0 aliphatic carbocycles. The standard InChI is InChI=1S/C14H17N3O2S2/c1-3-19-12(18)14(15,11-7-5-4-6-8-11)9-20-13-16-10(2)17-21-13/h4-8H,3,9,15H2,1-2H3. The molecule has 1 heterocycles. The number of carbonyl (C=O) groups excluding carboxylic acids is 1. The Labute approximate surface area is 132 Å². The maximum atomic E-state index is 12.3. The number of thioether (sulfide) groups is 1. The fourth-order valence-corrected chi connectivity index (χ4v) is 3.52. The van der Waals surface area contributed by atoms with Gasteiger partial charge >= 0.3 is 5.97 Å². The van der Waals surface area contributed by atoms with Crippen molar-refractivity contribution in [3.63, 3.8) is 0 Å². The maximum Gasteiger partial charge on any atom is 0.331 e. The Bertz CT molecular complexity index is 603. The van der Waals surface area contributed by atoms with Crippen LogP contribution in [-0.4, -0.2) is 27.7 Å². The molecule has 1 unspecified atom stereocenters. The Morgan fingerprint density at radius 1 is 1.43 bits per heavy atom. The Kier molecular flexibility index (Phi) is 5.33. The molecule has 0 saturated carbocycles. The summed E-state index contributed by atoms with van der Waals surface area (Å²) in [5, 5.41) is 0. The van der Waals surface area contributed by atoms with E-state index < -0.39 is 11.5 Å². The van der Waals surface area contributed by atoms with Crippen molar-refractivity contribution in [2.45, 2.75) is 23.7 Å². The van der Waals surface area contributed by atoms with Crippen LogP contribution in [0.1, 0.15) is 18.3 Å². The highest BCUT2D eigenvalue weighted by Gasteiger charge is 2.38. The van der Waals surface area contributed by atoms with Crippen LogP contribution >= 0.6 is 23.3 Å². The molecule has 5 nitrogen and oxygen atoms in total. The molecule has 0 aliphatic rings. The molecule has 0 spiro atoms. The van der Waals surface area contributed by atoms with E-state index in [9.17, 15) is 4.79 Å². The van der Waals surface area contributed by atoms with Crippen molar-refractivity contribution in [1.82, 2.24) is 9.36 Å². The number of benzene rings is 1. The number of nitrogens with two attached hydrogens (primary N) is 1. The van der Waals surface area contributed by atoms with Crippen molar-refractivity contribution in [3.8, 4) is 0 Å². The molecule has 2 rings (SSSR count). The van der Waals surface area contributed by atoms with Crippen molar-refractivity contribution < 1.29 is 9.53 Å². The van der Waals surface area contributed by atoms with E-state index in [-0.39, 0.29) is 0 Å². The van der Waals surface area contributed by atoms with E-state index in [1.807, 2.05) is 37.3 Å². The van der Waals surface area contributed by atoms with Gasteiger partial charge in [0.15, 0.2) is 4.34 Å². The van der Waals surface area contributed by atoms with Crippen molar-refractivity contribution in [2.75, 3.05) is 12.4 Å². The lowest BCUT2D eigenvalue weighted by Gasteiger charge is -2.26. The number of aryl methyl sites for hydroxylation is 1. The van der Waals surface area contributed by atoms with Crippen LogP contribution < -0.4 is 5.73 Å². The van der Waals surface area contributed by atoms with Crippen molar-refractivity contribution in [2.24, 2.45) is 5.73 Å². The van der Waals surface area contributed by atoms with Gasteiger partial charge in [-0.2, -0.15) is 4.37 Å². The van der Waals surface area contributed by atoms with Gasteiger partial charge in [0.25, 0.3) is 0 Å². The lowest BCUT2D eigenvalue weighted by Crippen LogP contribution is -2.48. The second kappa shape index (κ2) is 7.02. The van der Waals surface area contributed by atoms with Crippen LogP contribution in [0.5, 0.6) is 0 Å². The molecule has 0 amide bonds. The molecule has 0 saturated heterocycles. The number of nitrogens with zero attached hydrogens (tertiary/aromatic N) is 2. The van der Waals surface area contributed by atoms with E-state index in [1.165, 1.54) is 23.3 Å². The fraction of sp³-hybridized carbons (Fsp3) is 0.357. The summed E-state index contributed by atoms with van der Waals surface area (Å²) in [6.07, 6.45) is 0. The van der Waals surface area contributed by atoms with Crippen LogP contribution in [0.2, 0.25) is 0 Å². The number of carbonyl (C=O) groups is 1. The van der Waals surface area contributed by atoms with Gasteiger partial charge < -0.3 is 10.5 Å². The Morgan fingerprint density at radius 2 is 2.14 bits per heavy atom. The Balaban J connectivity index is 2.21. The van der Waals surface area contributed by atoms with Crippen molar-refractivity contribution in [1.29, 1.82) is 0 Å². The molecule has 0 aliphatic heterocycles. The summed E-state index contributed by atoms with van der Waals surface area (Å²) < 4.78 is 10.1. The summed E-state index contributed by atoms with van der Waals surface area (Å²) in [7, 11) is 0. The first-order valence-corrected chi connectivity index (χ1v) is 8.27. The minimum absolute atomic E-state index is 0.299. The molecule has 1 atom stereocenters. The highest BCUT2D eigenvalue weighted by molar-refractivity contribution is 8.01. The summed E-state index contributed by atoms with van der Waals surface area (Å²) in [5.74, 6) is 0.649. The molecule has 112 valence electrons. The quantitative estimate of drug-likeness (QED) is 0.649. The first kappa shape index (κ1) is 15.9. The van der Waals surface area contributed by atoms with Gasteiger partial charge in [-0.05, 0) is 30.9 Å². The van der Waals surface area contributed by atoms with Gasteiger partial charge in [0.1, 0.15) is 11.4 Å². The SMILES string of the molecule is CCOC(=O)C(N)(CSc1nc(C)ns1)c1ccccc1. The zero-order valence-corrected chi connectivity index (χ0v) is 13.5. The monoisotopic (exact) mass is 323 g/mol. The molecule has 1 aromatic heterocycles. The van der Waals surface area contributed by atoms with Gasteiger partial charge in [0.2, 0.25) is 0 Å². The van der Waals surface area contributed by atoms with Crippen LogP contribution in [0, 0.1) is 6.92 Å². The summed E-state index contributed by atoms with van der Waals surface area (Å²) >= 11 is 2.72. The molecular formula is C14H17N3O2S2. The van der Waals surface area contributed by atoms with Gasteiger partial charge in [0.05, 0.1) is 6.61 Å². The topological polar surface area (TPSA) is 78.1 Å². The third-order valence-corrected chi connectivity index (χ3v) is 4.98. The predicted octanol–water partition coefficient (Wildman–Crippen LogP) is 2.36. The molecule has 0 fully saturated rings. The van der Waals surface area contributed by atoms with Gasteiger partial charge in [-0.1, -0.05) is 42.1 Å². The number of ether oxygens (including phenoxy) is 1. The molecule has 0 bridgehead atoms. The zero-order valence-electron chi connectivity index (χ0n) is 11.9. The van der Waals surface area contributed by atoms with E-state index >= 15 is 0 Å². The first-order valence-electron chi connectivity index (χ1n) is 6.51. The molecule has 2 N–H and O–H groups in total. The molecule has 2 aromatic rings. The van der Waals surface area contributed by atoms with Gasteiger partial charge in [-0.15, -0.1) is 0 Å².